The van der Waals surface area contributed by atoms with Crippen LogP contribution in [0, 0.1) is 0 Å². The fourth-order valence-electron chi connectivity index (χ4n) is 0.883. The second kappa shape index (κ2) is 4.16. The number of aliphatic hydroxyl groups is 2. The van der Waals surface area contributed by atoms with Crippen molar-refractivity contribution in [2.24, 2.45) is 0 Å². The highest BCUT2D eigenvalue weighted by molar-refractivity contribution is 7.51. The first-order valence-electron chi connectivity index (χ1n) is 3.66. The largest absolute Gasteiger partial charge is 0.389 e. The van der Waals surface area contributed by atoms with Crippen LogP contribution >= 0.6 is 7.60 Å². The molecule has 80 valence electrons. The van der Waals surface area contributed by atoms with E-state index in [1.54, 1.807) is 0 Å². The molecular weight excluding hydrogens is 213 g/mol. The lowest BCUT2D eigenvalue weighted by molar-refractivity contribution is 0.0245. The molecule has 0 amide bonds. The van der Waals surface area contributed by atoms with E-state index in [9.17, 15) is 14.8 Å². The van der Waals surface area contributed by atoms with Gasteiger partial charge in [-0.15, -0.1) is 0 Å². The number of hydrogen-bond donors (Lipinski definition) is 5. The molecule has 1 heterocycles. The number of hydrogen-bond acceptors (Lipinski definition) is 5. The number of aromatic amines is 1. The van der Waals surface area contributed by atoms with Crippen LogP contribution < -0.4 is 0 Å². The Morgan fingerprint density at radius 2 is 2.14 bits per heavy atom. The summed E-state index contributed by atoms with van der Waals surface area (Å²) in [7, 11) is -4.35. The molecule has 0 bridgehead atoms. The Hall–Kier alpha value is -0.790. The van der Waals surface area contributed by atoms with Crippen LogP contribution in [0.5, 0.6) is 0 Å². The zero-order chi connectivity index (χ0) is 10.8. The molecule has 0 aromatic carbocycles. The highest BCUT2D eigenvalue weighted by Crippen LogP contribution is 2.36. The Morgan fingerprint density at radius 1 is 1.50 bits per heavy atom. The Kier molecular flexibility index (Phi) is 3.35. The van der Waals surface area contributed by atoms with Crippen molar-refractivity contribution >= 4 is 7.60 Å². The molecule has 1 rings (SSSR count). The van der Waals surface area contributed by atoms with Crippen molar-refractivity contribution in [1.82, 2.24) is 15.2 Å². The van der Waals surface area contributed by atoms with Gasteiger partial charge in [0.1, 0.15) is 12.4 Å². The number of aromatic nitrogens is 3. The summed E-state index contributed by atoms with van der Waals surface area (Å²) < 4.78 is 10.5. The van der Waals surface area contributed by atoms with E-state index in [0.717, 1.165) is 6.33 Å². The van der Waals surface area contributed by atoms with Crippen LogP contribution in [-0.4, -0.2) is 47.4 Å². The van der Waals surface area contributed by atoms with Crippen molar-refractivity contribution in [2.75, 3.05) is 6.16 Å². The predicted molar refractivity (Wildman–Crippen MR) is 44.3 cm³/mol. The summed E-state index contributed by atoms with van der Waals surface area (Å²) in [4.78, 5) is 20.6. The van der Waals surface area contributed by atoms with Gasteiger partial charge >= 0.3 is 7.60 Å². The average Bonchev–Trinajstić information content (AvgIpc) is 2.51. The van der Waals surface area contributed by atoms with E-state index in [0.29, 0.717) is 0 Å². The van der Waals surface area contributed by atoms with Crippen molar-refractivity contribution in [3.8, 4) is 0 Å². The Bertz CT molecular complexity index is 322. The summed E-state index contributed by atoms with van der Waals surface area (Å²) in [5, 5.41) is 24.2. The van der Waals surface area contributed by atoms with E-state index in [4.69, 9.17) is 9.79 Å². The molecule has 0 saturated heterocycles. The van der Waals surface area contributed by atoms with E-state index in [-0.39, 0.29) is 5.82 Å². The van der Waals surface area contributed by atoms with Gasteiger partial charge in [-0.2, -0.15) is 5.10 Å². The first kappa shape index (κ1) is 11.3. The van der Waals surface area contributed by atoms with Crippen molar-refractivity contribution in [3.05, 3.63) is 12.2 Å². The van der Waals surface area contributed by atoms with E-state index < -0.39 is 26.0 Å². The summed E-state index contributed by atoms with van der Waals surface area (Å²) >= 11 is 0. The SMILES string of the molecule is O=P(O)(O)C[C@@H](O)[C@H](O)c1ncn[nH]1. The Labute approximate surface area is 78.8 Å². The number of aliphatic hydroxyl groups excluding tert-OH is 2. The van der Waals surface area contributed by atoms with Crippen LogP contribution in [0.3, 0.4) is 0 Å². The average molecular weight is 223 g/mol. The van der Waals surface area contributed by atoms with Gasteiger partial charge in [-0.05, 0) is 0 Å². The van der Waals surface area contributed by atoms with Crippen LogP contribution in [-0.2, 0) is 4.57 Å². The zero-order valence-electron chi connectivity index (χ0n) is 6.98. The molecular formula is C5H10N3O5P. The van der Waals surface area contributed by atoms with E-state index in [2.05, 4.69) is 15.2 Å². The number of H-pyrrole nitrogens is 1. The molecule has 0 aliphatic carbocycles. The van der Waals surface area contributed by atoms with Crippen molar-refractivity contribution in [2.45, 2.75) is 12.2 Å². The Balaban J connectivity index is 2.62. The summed E-state index contributed by atoms with van der Waals surface area (Å²) in [6, 6.07) is 0. The van der Waals surface area contributed by atoms with Gasteiger partial charge < -0.3 is 20.0 Å². The van der Waals surface area contributed by atoms with Crippen LogP contribution in [0.15, 0.2) is 6.33 Å². The molecule has 8 nitrogen and oxygen atoms in total. The maximum atomic E-state index is 10.5. The lowest BCUT2D eigenvalue weighted by Gasteiger charge is -2.15. The molecule has 1 aromatic heterocycles. The fourth-order valence-corrected chi connectivity index (χ4v) is 1.57. The normalized spacial score (nSPS) is 16.6. The van der Waals surface area contributed by atoms with Gasteiger partial charge in [-0.3, -0.25) is 9.66 Å². The molecule has 0 aliphatic heterocycles. The lowest BCUT2D eigenvalue weighted by atomic mass is 10.2. The van der Waals surface area contributed by atoms with Gasteiger partial charge in [-0.1, -0.05) is 0 Å². The van der Waals surface area contributed by atoms with Crippen molar-refractivity contribution in [1.29, 1.82) is 0 Å². The number of nitrogens with one attached hydrogen (secondary N) is 1. The zero-order valence-corrected chi connectivity index (χ0v) is 7.87. The second-order valence-corrected chi connectivity index (χ2v) is 4.42. The fraction of sp³-hybridized carbons (Fsp3) is 0.600. The van der Waals surface area contributed by atoms with Crippen LogP contribution in [0.1, 0.15) is 11.9 Å². The first-order chi connectivity index (χ1) is 6.40. The summed E-state index contributed by atoms with van der Waals surface area (Å²) in [5.41, 5.74) is 0. The summed E-state index contributed by atoms with van der Waals surface area (Å²) in [5.74, 6) is -0.0362. The van der Waals surface area contributed by atoms with E-state index in [1.165, 1.54) is 0 Å². The van der Waals surface area contributed by atoms with Gasteiger partial charge in [0, 0.05) is 0 Å². The molecule has 5 N–H and O–H groups in total. The first-order valence-corrected chi connectivity index (χ1v) is 5.46. The standard InChI is InChI=1S/C5H10N3O5P/c9-3(1-14(11,12)13)4(10)5-6-2-7-8-5/h2-4,9-10H,1H2,(H,6,7,8)(H2,11,12,13)/t3-,4+/m1/s1. The molecule has 0 fully saturated rings. The van der Waals surface area contributed by atoms with Gasteiger partial charge in [0.25, 0.3) is 0 Å². The van der Waals surface area contributed by atoms with Gasteiger partial charge in [0.15, 0.2) is 5.82 Å². The maximum Gasteiger partial charge on any atom is 0.328 e. The number of rotatable bonds is 4. The highest BCUT2D eigenvalue weighted by Gasteiger charge is 2.28. The minimum Gasteiger partial charge on any atom is -0.389 e. The smallest absolute Gasteiger partial charge is 0.328 e. The lowest BCUT2D eigenvalue weighted by Crippen LogP contribution is -2.23. The molecule has 14 heavy (non-hydrogen) atoms. The molecule has 0 unspecified atom stereocenters. The van der Waals surface area contributed by atoms with E-state index in [1.807, 2.05) is 0 Å². The third-order valence-corrected chi connectivity index (χ3v) is 2.35. The molecule has 1 aromatic rings. The minimum atomic E-state index is -4.35. The molecule has 2 atom stereocenters. The molecule has 0 radical (unpaired) electrons. The monoisotopic (exact) mass is 223 g/mol. The van der Waals surface area contributed by atoms with Crippen molar-refractivity contribution in [3.63, 3.8) is 0 Å². The number of nitrogens with zero attached hydrogens (tertiary/aromatic N) is 2. The van der Waals surface area contributed by atoms with E-state index >= 15 is 0 Å². The summed E-state index contributed by atoms with van der Waals surface area (Å²) in [6.45, 7) is 0. The van der Waals surface area contributed by atoms with Gasteiger partial charge in [0.2, 0.25) is 0 Å². The van der Waals surface area contributed by atoms with Gasteiger partial charge in [0.05, 0.1) is 12.3 Å². The maximum absolute atomic E-state index is 10.5. The predicted octanol–water partition coefficient (Wildman–Crippen LogP) is -1.62. The van der Waals surface area contributed by atoms with Crippen LogP contribution in [0.25, 0.3) is 0 Å². The third kappa shape index (κ3) is 3.17. The third-order valence-electron chi connectivity index (χ3n) is 1.50. The molecule has 0 spiro atoms. The quantitative estimate of drug-likeness (QED) is 0.386. The van der Waals surface area contributed by atoms with Crippen molar-refractivity contribution < 1.29 is 24.6 Å². The molecule has 0 aliphatic rings. The topological polar surface area (TPSA) is 140 Å². The second-order valence-electron chi connectivity index (χ2n) is 2.73. The van der Waals surface area contributed by atoms with Gasteiger partial charge in [-0.25, -0.2) is 4.98 Å². The van der Waals surface area contributed by atoms with Crippen LogP contribution in [0.4, 0.5) is 0 Å². The summed E-state index contributed by atoms with van der Waals surface area (Å²) in [6.07, 6.45) is -2.77. The molecule has 0 saturated carbocycles. The van der Waals surface area contributed by atoms with Crippen LogP contribution in [0.2, 0.25) is 0 Å². The highest BCUT2D eigenvalue weighted by atomic mass is 31.2. The minimum absolute atomic E-state index is 0.0362. The Morgan fingerprint density at radius 3 is 2.57 bits per heavy atom. The molecule has 9 heteroatoms.